The van der Waals surface area contributed by atoms with Crippen molar-refractivity contribution in [2.45, 2.75) is 97.5 Å². The van der Waals surface area contributed by atoms with Crippen molar-refractivity contribution >= 4 is 7.67 Å². The standard InChI is InChI=1S/C15H34N3O3P/c1-11(2)16-22(20,17-12(3)4)21-13-9-14(5,6)18(19)15(7,8)10-13/h11-13,19H,9-10H2,1-8H3,(H2,16,17,20). The molecule has 1 aliphatic rings. The van der Waals surface area contributed by atoms with Crippen LogP contribution >= 0.6 is 7.67 Å². The van der Waals surface area contributed by atoms with Crippen molar-refractivity contribution in [3.05, 3.63) is 0 Å². The Hall–Kier alpha value is 0.0300. The molecule has 3 N–H and O–H groups in total. The molecular formula is C15H34N3O3P. The number of hydroxylamine groups is 2. The number of nitrogens with one attached hydrogen (secondary N) is 2. The van der Waals surface area contributed by atoms with Crippen LogP contribution in [0.2, 0.25) is 0 Å². The summed E-state index contributed by atoms with van der Waals surface area (Å²) in [5, 5.41) is 17.8. The van der Waals surface area contributed by atoms with Gasteiger partial charge in [-0.1, -0.05) is 0 Å². The van der Waals surface area contributed by atoms with E-state index in [0.717, 1.165) is 0 Å². The number of hydrogen-bond acceptors (Lipinski definition) is 4. The molecule has 132 valence electrons. The van der Waals surface area contributed by atoms with Gasteiger partial charge in [0.25, 0.3) is 0 Å². The fourth-order valence-electron chi connectivity index (χ4n) is 3.24. The second-order valence-electron chi connectivity index (χ2n) is 8.19. The van der Waals surface area contributed by atoms with Crippen LogP contribution in [-0.4, -0.2) is 39.5 Å². The van der Waals surface area contributed by atoms with Crippen molar-refractivity contribution in [3.8, 4) is 0 Å². The molecule has 0 aromatic carbocycles. The zero-order valence-electron chi connectivity index (χ0n) is 15.3. The van der Waals surface area contributed by atoms with Crippen molar-refractivity contribution < 1.29 is 14.3 Å². The monoisotopic (exact) mass is 335 g/mol. The second-order valence-corrected chi connectivity index (χ2v) is 10.0. The molecule has 0 radical (unpaired) electrons. The molecule has 0 aromatic rings. The molecule has 0 spiro atoms. The molecule has 22 heavy (non-hydrogen) atoms. The summed E-state index contributed by atoms with van der Waals surface area (Å²) in [6, 6.07) is 0.104. The molecule has 0 bridgehead atoms. The Kier molecular flexibility index (Phi) is 6.27. The predicted molar refractivity (Wildman–Crippen MR) is 90.0 cm³/mol. The van der Waals surface area contributed by atoms with Crippen LogP contribution in [0, 0.1) is 0 Å². The lowest BCUT2D eigenvalue weighted by Crippen LogP contribution is -2.60. The van der Waals surface area contributed by atoms with Crippen LogP contribution in [0.3, 0.4) is 0 Å². The van der Waals surface area contributed by atoms with Crippen LogP contribution in [0.1, 0.15) is 68.2 Å². The van der Waals surface area contributed by atoms with Gasteiger partial charge < -0.3 is 9.73 Å². The maximum atomic E-state index is 13.1. The van der Waals surface area contributed by atoms with Gasteiger partial charge in [0, 0.05) is 23.2 Å². The Balaban J connectivity index is 2.92. The number of nitrogens with zero attached hydrogens (tertiary/aromatic N) is 1. The quantitative estimate of drug-likeness (QED) is 0.645. The molecule has 1 heterocycles. The smallest absolute Gasteiger partial charge is 0.313 e. The van der Waals surface area contributed by atoms with E-state index in [1.165, 1.54) is 5.06 Å². The van der Waals surface area contributed by atoms with Crippen molar-refractivity contribution in [2.75, 3.05) is 0 Å². The zero-order valence-corrected chi connectivity index (χ0v) is 16.2. The predicted octanol–water partition coefficient (Wildman–Crippen LogP) is 3.52. The normalized spacial score (nSPS) is 23.4. The minimum atomic E-state index is -3.13. The van der Waals surface area contributed by atoms with Crippen LogP contribution in [-0.2, 0) is 9.09 Å². The van der Waals surface area contributed by atoms with Crippen LogP contribution in [0.4, 0.5) is 0 Å². The number of rotatable bonds is 6. The first-order chi connectivity index (χ1) is 9.77. The van der Waals surface area contributed by atoms with E-state index < -0.39 is 18.7 Å². The Morgan fingerprint density at radius 3 is 1.73 bits per heavy atom. The average Bonchev–Trinajstić information content (AvgIpc) is 2.21. The summed E-state index contributed by atoms with van der Waals surface area (Å²) in [4.78, 5) is 0. The molecule has 0 aliphatic carbocycles. The van der Waals surface area contributed by atoms with Gasteiger partial charge in [-0.15, -0.1) is 0 Å². The Morgan fingerprint density at radius 1 is 1.05 bits per heavy atom. The first-order valence-corrected chi connectivity index (χ1v) is 9.73. The van der Waals surface area contributed by atoms with E-state index in [2.05, 4.69) is 10.2 Å². The van der Waals surface area contributed by atoms with Crippen LogP contribution < -0.4 is 10.2 Å². The summed E-state index contributed by atoms with van der Waals surface area (Å²) >= 11 is 0. The highest BCUT2D eigenvalue weighted by Crippen LogP contribution is 2.46. The maximum absolute atomic E-state index is 13.1. The summed E-state index contributed by atoms with van der Waals surface area (Å²) in [6.07, 6.45) is 1.06. The summed E-state index contributed by atoms with van der Waals surface area (Å²) in [6.45, 7) is 15.7. The molecule has 1 saturated heterocycles. The molecule has 1 aliphatic heterocycles. The summed E-state index contributed by atoms with van der Waals surface area (Å²) in [5.41, 5.74) is -0.847. The lowest BCUT2D eigenvalue weighted by Gasteiger charge is -2.51. The molecular weight excluding hydrogens is 301 g/mol. The third-order valence-electron chi connectivity index (χ3n) is 3.75. The van der Waals surface area contributed by atoms with E-state index in [-0.39, 0.29) is 18.2 Å². The van der Waals surface area contributed by atoms with E-state index in [1.807, 2.05) is 55.4 Å². The van der Waals surface area contributed by atoms with Gasteiger partial charge in [0.1, 0.15) is 0 Å². The molecule has 0 unspecified atom stereocenters. The summed E-state index contributed by atoms with van der Waals surface area (Å²) in [5.74, 6) is 0. The van der Waals surface area contributed by atoms with E-state index >= 15 is 0 Å². The van der Waals surface area contributed by atoms with Gasteiger partial charge in [0.15, 0.2) is 0 Å². The lowest BCUT2D eigenvalue weighted by atomic mass is 9.80. The fraction of sp³-hybridized carbons (Fsp3) is 1.00. The molecule has 0 aromatic heterocycles. The lowest BCUT2D eigenvalue weighted by molar-refractivity contribution is -0.255. The molecule has 6 nitrogen and oxygen atoms in total. The molecule has 1 rings (SSSR count). The molecule has 7 heteroatoms. The van der Waals surface area contributed by atoms with Gasteiger partial charge in [-0.25, -0.2) is 10.2 Å². The molecule has 1 fully saturated rings. The van der Waals surface area contributed by atoms with Gasteiger partial charge in [-0.05, 0) is 68.2 Å². The van der Waals surface area contributed by atoms with Crippen LogP contribution in [0.5, 0.6) is 0 Å². The van der Waals surface area contributed by atoms with Gasteiger partial charge in [-0.2, -0.15) is 5.06 Å². The Labute approximate surface area is 135 Å². The highest BCUT2D eigenvalue weighted by Gasteiger charge is 2.47. The third-order valence-corrected chi connectivity index (χ3v) is 6.06. The second kappa shape index (κ2) is 6.88. The van der Waals surface area contributed by atoms with Crippen molar-refractivity contribution in [1.82, 2.24) is 15.2 Å². The van der Waals surface area contributed by atoms with Gasteiger partial charge in [-0.3, -0.25) is 4.57 Å². The minimum Gasteiger partial charge on any atom is -0.313 e. The van der Waals surface area contributed by atoms with Gasteiger partial charge in [0.2, 0.25) is 0 Å². The van der Waals surface area contributed by atoms with Gasteiger partial charge in [0.05, 0.1) is 6.10 Å². The van der Waals surface area contributed by atoms with Gasteiger partial charge >= 0.3 is 7.67 Å². The van der Waals surface area contributed by atoms with E-state index in [0.29, 0.717) is 12.8 Å². The maximum Gasteiger partial charge on any atom is 0.341 e. The van der Waals surface area contributed by atoms with Crippen LogP contribution in [0.25, 0.3) is 0 Å². The van der Waals surface area contributed by atoms with E-state index in [1.54, 1.807) is 0 Å². The molecule has 0 atom stereocenters. The first-order valence-electron chi connectivity index (χ1n) is 8.11. The average molecular weight is 335 g/mol. The third kappa shape index (κ3) is 5.29. The summed E-state index contributed by atoms with van der Waals surface area (Å²) < 4.78 is 19.1. The van der Waals surface area contributed by atoms with Crippen molar-refractivity contribution in [1.29, 1.82) is 0 Å². The highest BCUT2D eigenvalue weighted by atomic mass is 31.2. The summed E-state index contributed by atoms with van der Waals surface area (Å²) in [7, 11) is -3.13. The zero-order chi connectivity index (χ0) is 17.3. The minimum absolute atomic E-state index is 0.0519. The SMILES string of the molecule is CC(C)NP(=O)(NC(C)C)OC1CC(C)(C)N(O)C(C)(C)C1. The number of piperidine rings is 1. The highest BCUT2D eigenvalue weighted by molar-refractivity contribution is 7.54. The fourth-order valence-corrected chi connectivity index (χ4v) is 5.37. The van der Waals surface area contributed by atoms with Crippen molar-refractivity contribution in [3.63, 3.8) is 0 Å². The van der Waals surface area contributed by atoms with Crippen molar-refractivity contribution in [2.24, 2.45) is 0 Å². The molecule has 0 amide bonds. The number of hydrogen-bond donors (Lipinski definition) is 3. The Bertz CT molecular complexity index is 392. The first kappa shape index (κ1) is 20.1. The molecule has 0 saturated carbocycles. The van der Waals surface area contributed by atoms with Crippen LogP contribution in [0.15, 0.2) is 0 Å². The Morgan fingerprint density at radius 2 is 1.41 bits per heavy atom. The van der Waals surface area contributed by atoms with E-state index in [4.69, 9.17) is 4.52 Å². The topological polar surface area (TPSA) is 73.8 Å². The largest absolute Gasteiger partial charge is 0.341 e. The van der Waals surface area contributed by atoms with E-state index in [9.17, 15) is 9.77 Å².